The fourth-order valence-electron chi connectivity index (χ4n) is 2.60. The zero-order valence-corrected chi connectivity index (χ0v) is 13.6. The number of methoxy groups -OCH3 is 1. The van der Waals surface area contributed by atoms with E-state index >= 15 is 0 Å². The summed E-state index contributed by atoms with van der Waals surface area (Å²) in [6.45, 7) is 3.24. The van der Waals surface area contributed by atoms with Gasteiger partial charge in [-0.15, -0.1) is 0 Å². The van der Waals surface area contributed by atoms with Gasteiger partial charge in [0.1, 0.15) is 18.0 Å². The van der Waals surface area contributed by atoms with Crippen LogP contribution in [0.25, 0.3) is 0 Å². The Labute approximate surface area is 126 Å². The molecule has 118 valence electrons. The normalized spacial score (nSPS) is 24.0. The van der Waals surface area contributed by atoms with Crippen molar-refractivity contribution in [3.63, 3.8) is 0 Å². The second kappa shape index (κ2) is 6.34. The van der Waals surface area contributed by atoms with Gasteiger partial charge in [0.05, 0.1) is 6.26 Å². The first-order chi connectivity index (χ1) is 9.85. The minimum atomic E-state index is -3.20. The molecule has 1 aliphatic heterocycles. The van der Waals surface area contributed by atoms with Crippen molar-refractivity contribution in [2.75, 3.05) is 33.1 Å². The Morgan fingerprint density at radius 1 is 1.38 bits per heavy atom. The fourth-order valence-corrected chi connectivity index (χ4v) is 3.53. The summed E-state index contributed by atoms with van der Waals surface area (Å²) in [5.41, 5.74) is 0.547. The van der Waals surface area contributed by atoms with Gasteiger partial charge in [-0.2, -0.15) is 4.31 Å². The van der Waals surface area contributed by atoms with Gasteiger partial charge in [-0.1, -0.05) is 12.1 Å². The first kappa shape index (κ1) is 16.3. The molecule has 1 fully saturated rings. The van der Waals surface area contributed by atoms with Crippen LogP contribution in [0.4, 0.5) is 0 Å². The SMILES string of the molecule is CO[C@]1(COc2cccc(C)c2)CCCN(S(C)(=O)=O)C1. The van der Waals surface area contributed by atoms with Gasteiger partial charge in [0.15, 0.2) is 0 Å². The lowest BCUT2D eigenvalue weighted by Gasteiger charge is -2.40. The van der Waals surface area contributed by atoms with Crippen molar-refractivity contribution in [2.24, 2.45) is 0 Å². The summed E-state index contributed by atoms with van der Waals surface area (Å²) in [5.74, 6) is 0.780. The highest BCUT2D eigenvalue weighted by Gasteiger charge is 2.39. The summed E-state index contributed by atoms with van der Waals surface area (Å²) in [6.07, 6.45) is 2.81. The molecule has 0 aromatic heterocycles. The van der Waals surface area contributed by atoms with Crippen LogP contribution in [0.2, 0.25) is 0 Å². The van der Waals surface area contributed by atoms with E-state index in [0.717, 1.165) is 24.2 Å². The summed E-state index contributed by atoms with van der Waals surface area (Å²) in [6, 6.07) is 7.80. The molecule has 5 nitrogen and oxygen atoms in total. The first-order valence-electron chi connectivity index (χ1n) is 7.04. The number of rotatable bonds is 5. The second-order valence-electron chi connectivity index (χ2n) is 5.69. The van der Waals surface area contributed by atoms with Crippen LogP contribution in [0.15, 0.2) is 24.3 Å². The van der Waals surface area contributed by atoms with Gasteiger partial charge in [-0.3, -0.25) is 0 Å². The molecular weight excluding hydrogens is 290 g/mol. The summed E-state index contributed by atoms with van der Waals surface area (Å²) in [5, 5.41) is 0. The summed E-state index contributed by atoms with van der Waals surface area (Å²) < 4.78 is 36.4. The molecule has 6 heteroatoms. The van der Waals surface area contributed by atoms with Crippen LogP contribution < -0.4 is 4.74 Å². The van der Waals surface area contributed by atoms with Crippen LogP contribution in [-0.2, 0) is 14.8 Å². The number of piperidine rings is 1. The van der Waals surface area contributed by atoms with Crippen LogP contribution in [0.5, 0.6) is 5.75 Å². The average Bonchev–Trinajstić information content (AvgIpc) is 2.45. The molecule has 0 aliphatic carbocycles. The number of sulfonamides is 1. The summed E-state index contributed by atoms with van der Waals surface area (Å²) in [7, 11) is -1.58. The number of ether oxygens (including phenoxy) is 2. The maximum atomic E-state index is 11.7. The topological polar surface area (TPSA) is 55.8 Å². The van der Waals surface area contributed by atoms with Crippen molar-refractivity contribution in [1.29, 1.82) is 0 Å². The molecule has 0 radical (unpaired) electrons. The van der Waals surface area contributed by atoms with E-state index in [1.807, 2.05) is 31.2 Å². The molecule has 0 saturated carbocycles. The molecule has 0 bridgehead atoms. The quantitative estimate of drug-likeness (QED) is 0.832. The predicted octanol–water partition coefficient (Wildman–Crippen LogP) is 1.81. The third-order valence-electron chi connectivity index (χ3n) is 3.90. The van der Waals surface area contributed by atoms with E-state index in [2.05, 4.69) is 0 Å². The molecule has 2 rings (SSSR count). The minimum Gasteiger partial charge on any atom is -0.491 e. The molecule has 0 amide bonds. The molecule has 0 spiro atoms. The van der Waals surface area contributed by atoms with Gasteiger partial charge in [-0.05, 0) is 37.5 Å². The summed E-state index contributed by atoms with van der Waals surface area (Å²) >= 11 is 0. The van der Waals surface area contributed by atoms with Crippen LogP contribution in [0.1, 0.15) is 18.4 Å². The number of nitrogens with zero attached hydrogens (tertiary/aromatic N) is 1. The highest BCUT2D eigenvalue weighted by molar-refractivity contribution is 7.88. The van der Waals surface area contributed by atoms with E-state index < -0.39 is 15.6 Å². The lowest BCUT2D eigenvalue weighted by molar-refractivity contribution is -0.0745. The van der Waals surface area contributed by atoms with E-state index in [9.17, 15) is 8.42 Å². The average molecular weight is 313 g/mol. The monoisotopic (exact) mass is 313 g/mol. The highest BCUT2D eigenvalue weighted by atomic mass is 32.2. The Hall–Kier alpha value is -1.11. The molecule has 1 heterocycles. The van der Waals surface area contributed by atoms with Gasteiger partial charge in [-0.25, -0.2) is 8.42 Å². The smallest absolute Gasteiger partial charge is 0.211 e. The standard InChI is InChI=1S/C15H23NO4S/c1-13-6-4-7-14(10-13)20-12-15(19-2)8-5-9-16(11-15)21(3,17)18/h4,6-7,10H,5,8-9,11-12H2,1-3H3/t15-/m1/s1. The van der Waals surface area contributed by atoms with E-state index in [0.29, 0.717) is 19.7 Å². The molecule has 1 aromatic rings. The van der Waals surface area contributed by atoms with Crippen LogP contribution in [-0.4, -0.2) is 51.4 Å². The Bertz CT molecular complexity index is 587. The maximum absolute atomic E-state index is 11.7. The zero-order chi connectivity index (χ0) is 15.5. The second-order valence-corrected chi connectivity index (χ2v) is 7.67. The Morgan fingerprint density at radius 2 is 2.14 bits per heavy atom. The first-order valence-corrected chi connectivity index (χ1v) is 8.89. The van der Waals surface area contributed by atoms with Crippen molar-refractivity contribution in [1.82, 2.24) is 4.31 Å². The van der Waals surface area contributed by atoms with Gasteiger partial charge < -0.3 is 9.47 Å². The molecule has 1 saturated heterocycles. The van der Waals surface area contributed by atoms with Gasteiger partial charge in [0.25, 0.3) is 0 Å². The van der Waals surface area contributed by atoms with Crippen molar-refractivity contribution in [2.45, 2.75) is 25.4 Å². The number of benzene rings is 1. The van der Waals surface area contributed by atoms with Gasteiger partial charge in [0.2, 0.25) is 10.0 Å². The molecule has 0 N–H and O–H groups in total. The Kier molecular flexibility index (Phi) is 4.91. The predicted molar refractivity (Wildman–Crippen MR) is 82.1 cm³/mol. The Morgan fingerprint density at radius 3 is 2.76 bits per heavy atom. The lowest BCUT2D eigenvalue weighted by Crippen LogP contribution is -2.54. The van der Waals surface area contributed by atoms with Crippen molar-refractivity contribution >= 4 is 10.0 Å². The zero-order valence-electron chi connectivity index (χ0n) is 12.8. The molecule has 0 unspecified atom stereocenters. The molecule has 1 aromatic carbocycles. The van der Waals surface area contributed by atoms with Crippen LogP contribution in [0, 0.1) is 6.92 Å². The molecule has 21 heavy (non-hydrogen) atoms. The van der Waals surface area contributed by atoms with Gasteiger partial charge >= 0.3 is 0 Å². The van der Waals surface area contributed by atoms with E-state index in [1.54, 1.807) is 7.11 Å². The third-order valence-corrected chi connectivity index (χ3v) is 5.15. The highest BCUT2D eigenvalue weighted by Crippen LogP contribution is 2.27. The maximum Gasteiger partial charge on any atom is 0.211 e. The Balaban J connectivity index is 2.07. The van der Waals surface area contributed by atoms with Crippen molar-refractivity contribution in [3.05, 3.63) is 29.8 Å². The molecule has 1 atom stereocenters. The molecule has 1 aliphatic rings. The van der Waals surface area contributed by atoms with Crippen LogP contribution >= 0.6 is 0 Å². The molecular formula is C15H23NO4S. The summed E-state index contributed by atoms with van der Waals surface area (Å²) in [4.78, 5) is 0. The van der Waals surface area contributed by atoms with Crippen molar-refractivity contribution in [3.8, 4) is 5.75 Å². The van der Waals surface area contributed by atoms with E-state index in [4.69, 9.17) is 9.47 Å². The number of hydrogen-bond donors (Lipinski definition) is 0. The lowest BCUT2D eigenvalue weighted by atomic mass is 9.95. The van der Waals surface area contributed by atoms with Crippen LogP contribution in [0.3, 0.4) is 0 Å². The third kappa shape index (κ3) is 4.18. The van der Waals surface area contributed by atoms with E-state index in [1.165, 1.54) is 10.6 Å². The number of aryl methyl sites for hydroxylation is 1. The van der Waals surface area contributed by atoms with E-state index in [-0.39, 0.29) is 0 Å². The largest absolute Gasteiger partial charge is 0.491 e. The number of hydrogen-bond acceptors (Lipinski definition) is 4. The fraction of sp³-hybridized carbons (Fsp3) is 0.600. The minimum absolute atomic E-state index is 0.341. The van der Waals surface area contributed by atoms with Crippen molar-refractivity contribution < 1.29 is 17.9 Å². The van der Waals surface area contributed by atoms with Gasteiger partial charge in [0, 0.05) is 20.2 Å².